The lowest BCUT2D eigenvalue weighted by atomic mass is 10.1. The van der Waals surface area contributed by atoms with Gasteiger partial charge in [-0.05, 0) is 38.1 Å². The Hall–Kier alpha value is -3.06. The lowest BCUT2D eigenvalue weighted by Crippen LogP contribution is -2.27. The van der Waals surface area contributed by atoms with E-state index in [1.54, 1.807) is 44.3 Å². The summed E-state index contributed by atoms with van der Waals surface area (Å²) in [5.74, 6) is 0.795. The van der Waals surface area contributed by atoms with Gasteiger partial charge < -0.3 is 25.1 Å². The number of pyridine rings is 1. The van der Waals surface area contributed by atoms with Crippen LogP contribution in [-0.4, -0.2) is 29.4 Å². The maximum Gasteiger partial charge on any atom is 0.167 e. The van der Waals surface area contributed by atoms with E-state index in [2.05, 4.69) is 4.98 Å². The Morgan fingerprint density at radius 3 is 2.52 bits per heavy atom. The molecule has 6 nitrogen and oxygen atoms in total. The summed E-state index contributed by atoms with van der Waals surface area (Å²) in [6.45, 7) is 3.37. The number of aliphatic hydroxyl groups is 1. The Balaban J connectivity index is 2.00. The summed E-state index contributed by atoms with van der Waals surface area (Å²) in [6, 6.07) is 9.25. The highest BCUT2D eigenvalue weighted by Crippen LogP contribution is 2.37. The zero-order chi connectivity index (χ0) is 19.6. The maximum absolute atomic E-state index is 14.1. The summed E-state index contributed by atoms with van der Waals surface area (Å²) in [5, 5.41) is 10.5. The topological polar surface area (TPSA) is 86.8 Å². The van der Waals surface area contributed by atoms with Gasteiger partial charge in [-0.15, -0.1) is 0 Å². The van der Waals surface area contributed by atoms with Gasteiger partial charge in [0.15, 0.2) is 23.1 Å². The van der Waals surface area contributed by atoms with Crippen LogP contribution in [0.5, 0.6) is 23.0 Å². The molecule has 1 heterocycles. The van der Waals surface area contributed by atoms with Gasteiger partial charge in [0.05, 0.1) is 18.2 Å². The van der Waals surface area contributed by atoms with Gasteiger partial charge in [0.1, 0.15) is 12.4 Å². The van der Waals surface area contributed by atoms with Crippen LogP contribution in [0, 0.1) is 5.82 Å². The number of fused-ring (bicyclic) bond motifs is 1. The number of ether oxygens (including phenoxy) is 3. The van der Waals surface area contributed by atoms with Gasteiger partial charge in [-0.25, -0.2) is 4.39 Å². The molecule has 3 aromatic rings. The predicted octanol–water partition coefficient (Wildman–Crippen LogP) is 3.91. The van der Waals surface area contributed by atoms with Crippen molar-refractivity contribution < 1.29 is 23.7 Å². The summed E-state index contributed by atoms with van der Waals surface area (Å²) in [5.41, 5.74) is 5.47. The first-order valence-electron chi connectivity index (χ1n) is 8.31. The summed E-state index contributed by atoms with van der Waals surface area (Å²) >= 11 is 0. The Morgan fingerprint density at radius 2 is 1.85 bits per heavy atom. The second-order valence-electron chi connectivity index (χ2n) is 6.72. The molecule has 3 rings (SSSR count). The highest BCUT2D eigenvalue weighted by Gasteiger charge is 2.17. The highest BCUT2D eigenvalue weighted by atomic mass is 19.1. The van der Waals surface area contributed by atoms with Crippen molar-refractivity contribution in [2.45, 2.75) is 19.4 Å². The first-order valence-corrected chi connectivity index (χ1v) is 8.31. The van der Waals surface area contributed by atoms with Gasteiger partial charge in [-0.3, -0.25) is 4.98 Å². The quantitative estimate of drug-likeness (QED) is 0.638. The first-order chi connectivity index (χ1) is 12.8. The fraction of sp³-hybridized carbons (Fsp3) is 0.250. The van der Waals surface area contributed by atoms with Crippen LogP contribution < -0.4 is 19.9 Å². The van der Waals surface area contributed by atoms with Crippen molar-refractivity contribution in [2.24, 2.45) is 0 Å². The lowest BCUT2D eigenvalue weighted by Gasteiger charge is -2.19. The van der Waals surface area contributed by atoms with Crippen molar-refractivity contribution in [2.75, 3.05) is 19.5 Å². The molecule has 0 bridgehead atoms. The highest BCUT2D eigenvalue weighted by molar-refractivity contribution is 5.88. The fourth-order valence-corrected chi connectivity index (χ4v) is 2.46. The monoisotopic (exact) mass is 372 g/mol. The van der Waals surface area contributed by atoms with Gasteiger partial charge in [0.25, 0.3) is 0 Å². The molecular formula is C20H21FN2O4. The fourth-order valence-electron chi connectivity index (χ4n) is 2.46. The van der Waals surface area contributed by atoms with Crippen LogP contribution in [0.4, 0.5) is 10.1 Å². The van der Waals surface area contributed by atoms with Crippen molar-refractivity contribution >= 4 is 16.6 Å². The summed E-state index contributed by atoms with van der Waals surface area (Å²) in [6.07, 6.45) is 1.55. The molecule has 2 aromatic carbocycles. The number of aromatic nitrogens is 1. The van der Waals surface area contributed by atoms with Crippen LogP contribution in [-0.2, 0) is 0 Å². The van der Waals surface area contributed by atoms with Gasteiger partial charge in [-0.1, -0.05) is 0 Å². The van der Waals surface area contributed by atoms with E-state index in [9.17, 15) is 9.50 Å². The molecule has 0 saturated carbocycles. The van der Waals surface area contributed by atoms with E-state index in [1.165, 1.54) is 19.2 Å². The molecule has 27 heavy (non-hydrogen) atoms. The molecule has 0 aliphatic carbocycles. The van der Waals surface area contributed by atoms with Crippen LogP contribution >= 0.6 is 0 Å². The summed E-state index contributed by atoms with van der Waals surface area (Å²) in [4.78, 5) is 4.31. The number of hydrogen-bond acceptors (Lipinski definition) is 6. The van der Waals surface area contributed by atoms with Crippen molar-refractivity contribution in [3.05, 3.63) is 48.4 Å². The number of rotatable bonds is 6. The molecule has 0 atom stereocenters. The molecule has 142 valence electrons. The van der Waals surface area contributed by atoms with Crippen LogP contribution in [0.3, 0.4) is 0 Å². The lowest BCUT2D eigenvalue weighted by molar-refractivity contribution is 0.0277. The first kappa shape index (κ1) is 18.7. The number of nitrogens with two attached hydrogens (primary N) is 1. The van der Waals surface area contributed by atoms with Gasteiger partial charge in [0, 0.05) is 29.4 Å². The number of nitrogen functional groups attached to an aromatic ring is 1. The smallest absolute Gasteiger partial charge is 0.167 e. The largest absolute Gasteiger partial charge is 0.493 e. The molecule has 7 heteroatoms. The Bertz CT molecular complexity index is 970. The van der Waals surface area contributed by atoms with E-state index >= 15 is 0 Å². The van der Waals surface area contributed by atoms with Crippen LogP contribution in [0.25, 0.3) is 10.9 Å². The van der Waals surface area contributed by atoms with Crippen LogP contribution in [0.2, 0.25) is 0 Å². The van der Waals surface area contributed by atoms with Crippen LogP contribution in [0.15, 0.2) is 42.6 Å². The third-order valence-electron chi connectivity index (χ3n) is 3.74. The molecule has 0 spiro atoms. The molecule has 0 fully saturated rings. The predicted molar refractivity (Wildman–Crippen MR) is 101 cm³/mol. The van der Waals surface area contributed by atoms with E-state index in [-0.39, 0.29) is 12.4 Å². The molecular weight excluding hydrogens is 351 g/mol. The van der Waals surface area contributed by atoms with Gasteiger partial charge in [0.2, 0.25) is 0 Å². The van der Waals surface area contributed by atoms with Gasteiger partial charge >= 0.3 is 0 Å². The van der Waals surface area contributed by atoms with Crippen molar-refractivity contribution in [1.29, 1.82) is 0 Å². The van der Waals surface area contributed by atoms with E-state index in [0.717, 1.165) is 0 Å². The van der Waals surface area contributed by atoms with Crippen molar-refractivity contribution in [3.63, 3.8) is 0 Å². The molecule has 1 aromatic heterocycles. The Labute approximate surface area is 156 Å². The summed E-state index contributed by atoms with van der Waals surface area (Å²) in [7, 11) is 1.51. The molecule has 0 radical (unpaired) electrons. The maximum atomic E-state index is 14.1. The number of anilines is 1. The van der Waals surface area contributed by atoms with E-state index in [0.29, 0.717) is 33.8 Å². The minimum Gasteiger partial charge on any atom is -0.493 e. The SMILES string of the molecule is COc1cc2c(Oc3ccc(N)cc3F)ccnc2cc1OCC(C)(C)O. The normalized spacial score (nSPS) is 11.4. The molecule has 3 N–H and O–H groups in total. The second-order valence-corrected chi connectivity index (χ2v) is 6.72. The summed E-state index contributed by atoms with van der Waals surface area (Å²) < 4.78 is 30.8. The number of nitrogens with zero attached hydrogens (tertiary/aromatic N) is 1. The third kappa shape index (κ3) is 4.38. The molecule has 0 aliphatic heterocycles. The second kappa shape index (κ2) is 7.28. The average Bonchev–Trinajstić information content (AvgIpc) is 2.61. The van der Waals surface area contributed by atoms with Crippen LogP contribution in [0.1, 0.15) is 13.8 Å². The number of methoxy groups -OCH3 is 1. The zero-order valence-corrected chi connectivity index (χ0v) is 15.3. The number of halogens is 1. The zero-order valence-electron chi connectivity index (χ0n) is 15.3. The van der Waals surface area contributed by atoms with E-state index < -0.39 is 11.4 Å². The molecule has 0 saturated heterocycles. The van der Waals surface area contributed by atoms with Gasteiger partial charge in [-0.2, -0.15) is 0 Å². The van der Waals surface area contributed by atoms with E-state index in [1.807, 2.05) is 0 Å². The van der Waals surface area contributed by atoms with Crippen molar-refractivity contribution in [3.8, 4) is 23.0 Å². The minimum atomic E-state index is -0.995. The number of benzene rings is 2. The Morgan fingerprint density at radius 1 is 1.07 bits per heavy atom. The average molecular weight is 372 g/mol. The number of hydrogen-bond donors (Lipinski definition) is 2. The standard InChI is InChI=1S/C20H21FN2O4/c1-20(2,24)11-26-19-10-15-13(9-18(19)25-3)16(6-7-23-15)27-17-5-4-12(22)8-14(17)21/h4-10,24H,11,22H2,1-3H3. The Kier molecular flexibility index (Phi) is 5.05. The molecule has 0 amide bonds. The minimum absolute atomic E-state index is 0.0537. The molecule has 0 aliphatic rings. The van der Waals surface area contributed by atoms with Crippen molar-refractivity contribution in [1.82, 2.24) is 4.98 Å². The molecule has 0 unspecified atom stereocenters. The third-order valence-corrected chi connectivity index (χ3v) is 3.74. The van der Waals surface area contributed by atoms with E-state index in [4.69, 9.17) is 19.9 Å².